The van der Waals surface area contributed by atoms with Crippen molar-refractivity contribution in [2.45, 2.75) is 58.8 Å². The van der Waals surface area contributed by atoms with Gasteiger partial charge in [-0.2, -0.15) is 0 Å². The Kier molecular flexibility index (Phi) is 9.37. The number of anilines is 1. The van der Waals surface area contributed by atoms with Gasteiger partial charge in [-0.3, -0.25) is 14.5 Å². The number of thioether (sulfide) groups is 1. The minimum absolute atomic E-state index is 0.0338. The number of amides is 2. The molecule has 9 heteroatoms. The summed E-state index contributed by atoms with van der Waals surface area (Å²) in [6.45, 7) is 4.75. The van der Waals surface area contributed by atoms with Crippen molar-refractivity contribution in [2.75, 3.05) is 11.9 Å². The summed E-state index contributed by atoms with van der Waals surface area (Å²) in [4.78, 5) is 27.2. The van der Waals surface area contributed by atoms with E-state index in [1.54, 1.807) is 4.90 Å². The van der Waals surface area contributed by atoms with Crippen molar-refractivity contribution in [3.63, 3.8) is 0 Å². The molecule has 2 heterocycles. The third-order valence-electron chi connectivity index (χ3n) is 4.99. The summed E-state index contributed by atoms with van der Waals surface area (Å²) in [5.74, 6) is -0.0803. The van der Waals surface area contributed by atoms with Gasteiger partial charge in [-0.15, -0.1) is 10.2 Å². The highest BCUT2D eigenvalue weighted by Crippen LogP contribution is 2.32. The summed E-state index contributed by atoms with van der Waals surface area (Å²) < 4.78 is 0.598. The Bertz CT molecular complexity index is 985. The molecule has 3 rings (SSSR count). The molecule has 1 aliphatic heterocycles. The Labute approximate surface area is 202 Å². The lowest BCUT2D eigenvalue weighted by molar-refractivity contribution is -0.122. The first-order valence-electron chi connectivity index (χ1n) is 10.9. The zero-order valence-electron chi connectivity index (χ0n) is 18.4. The lowest BCUT2D eigenvalue weighted by atomic mass is 10.1. The first kappa shape index (κ1) is 24.5. The monoisotopic (exact) mass is 488 g/mol. The molecule has 1 aromatic heterocycles. The molecule has 0 radical (unpaired) electrons. The predicted octanol–water partition coefficient (Wildman–Crippen LogP) is 5.59. The maximum Gasteiger partial charge on any atom is 0.266 e. The SMILES string of the molecule is CCCCc1nnc(NC(=O)CCCCCN2C(=O)C(=Cc3ccc(C)cc3)SC2=S)s1. The fourth-order valence-electron chi connectivity index (χ4n) is 3.15. The standard InChI is InChI=1S/C23H28N4O2S3/c1-3-4-9-20-25-26-22(32-20)24-19(28)8-6-5-7-14-27-21(29)18(31-23(27)30)15-17-12-10-16(2)11-13-17/h10-13,15H,3-9,14H2,1-2H3,(H,24,26,28). The van der Waals surface area contributed by atoms with Crippen molar-refractivity contribution in [3.8, 4) is 0 Å². The molecular formula is C23H28N4O2S3. The molecule has 0 aliphatic carbocycles. The Morgan fingerprint density at radius 2 is 1.94 bits per heavy atom. The molecule has 0 spiro atoms. The number of aromatic nitrogens is 2. The Hall–Kier alpha value is -2.10. The van der Waals surface area contributed by atoms with Crippen LogP contribution in [-0.2, 0) is 16.0 Å². The van der Waals surface area contributed by atoms with Crippen LogP contribution in [-0.4, -0.2) is 37.8 Å². The highest BCUT2D eigenvalue weighted by Gasteiger charge is 2.31. The molecule has 0 unspecified atom stereocenters. The fourth-order valence-corrected chi connectivity index (χ4v) is 5.26. The summed E-state index contributed by atoms with van der Waals surface area (Å²) in [6, 6.07) is 8.06. The van der Waals surface area contributed by atoms with Gasteiger partial charge in [0.15, 0.2) is 0 Å². The molecule has 2 amide bonds. The van der Waals surface area contributed by atoms with E-state index < -0.39 is 0 Å². The average molecular weight is 489 g/mol. The van der Waals surface area contributed by atoms with E-state index in [1.165, 1.54) is 28.7 Å². The van der Waals surface area contributed by atoms with Crippen molar-refractivity contribution >= 4 is 62.7 Å². The molecule has 170 valence electrons. The molecule has 1 aliphatic rings. The number of unbranched alkanes of at least 4 members (excludes halogenated alkanes) is 3. The van der Waals surface area contributed by atoms with Crippen molar-refractivity contribution in [2.24, 2.45) is 0 Å². The number of aryl methyl sites for hydroxylation is 2. The number of benzene rings is 1. The van der Waals surface area contributed by atoms with Crippen LogP contribution in [0.3, 0.4) is 0 Å². The molecule has 0 saturated carbocycles. The largest absolute Gasteiger partial charge is 0.301 e. The zero-order chi connectivity index (χ0) is 22.9. The van der Waals surface area contributed by atoms with Gasteiger partial charge in [-0.25, -0.2) is 0 Å². The topological polar surface area (TPSA) is 75.2 Å². The van der Waals surface area contributed by atoms with Crippen LogP contribution in [0.5, 0.6) is 0 Å². The normalized spacial score (nSPS) is 15.1. The summed E-state index contributed by atoms with van der Waals surface area (Å²) in [5.41, 5.74) is 2.18. The Morgan fingerprint density at radius 1 is 1.16 bits per heavy atom. The molecule has 1 saturated heterocycles. The maximum atomic E-state index is 12.7. The Balaban J connectivity index is 1.37. The Morgan fingerprint density at radius 3 is 2.69 bits per heavy atom. The van der Waals surface area contributed by atoms with E-state index in [2.05, 4.69) is 22.4 Å². The van der Waals surface area contributed by atoms with Crippen LogP contribution in [0.25, 0.3) is 6.08 Å². The summed E-state index contributed by atoms with van der Waals surface area (Å²) in [7, 11) is 0. The van der Waals surface area contributed by atoms with E-state index in [1.807, 2.05) is 37.3 Å². The van der Waals surface area contributed by atoms with Crippen molar-refractivity contribution in [1.29, 1.82) is 0 Å². The quantitative estimate of drug-likeness (QED) is 0.252. The molecule has 1 N–H and O–H groups in total. The van der Waals surface area contributed by atoms with Crippen molar-refractivity contribution in [3.05, 3.63) is 45.3 Å². The number of hydrogen-bond acceptors (Lipinski definition) is 7. The number of rotatable bonds is 11. The van der Waals surface area contributed by atoms with Crippen molar-refractivity contribution in [1.82, 2.24) is 15.1 Å². The zero-order valence-corrected chi connectivity index (χ0v) is 20.9. The minimum atomic E-state index is -0.0464. The first-order chi connectivity index (χ1) is 15.5. The number of carbonyl (C=O) groups excluding carboxylic acids is 2. The van der Waals surface area contributed by atoms with Gasteiger partial charge in [0.2, 0.25) is 11.0 Å². The van der Waals surface area contributed by atoms with Gasteiger partial charge in [-0.05, 0) is 37.8 Å². The number of nitrogens with zero attached hydrogens (tertiary/aromatic N) is 3. The van der Waals surface area contributed by atoms with E-state index in [-0.39, 0.29) is 11.8 Å². The van der Waals surface area contributed by atoms with Gasteiger partial charge < -0.3 is 5.32 Å². The molecule has 1 aromatic carbocycles. The van der Waals surface area contributed by atoms with Crippen molar-refractivity contribution < 1.29 is 9.59 Å². The van der Waals surface area contributed by atoms with Gasteiger partial charge in [0.1, 0.15) is 9.33 Å². The lowest BCUT2D eigenvalue weighted by Gasteiger charge is -2.14. The highest BCUT2D eigenvalue weighted by molar-refractivity contribution is 8.26. The third-order valence-corrected chi connectivity index (χ3v) is 7.27. The second-order valence-electron chi connectivity index (χ2n) is 7.71. The fraction of sp³-hybridized carbons (Fsp3) is 0.435. The van der Waals surface area contributed by atoms with Crippen LogP contribution in [0.2, 0.25) is 0 Å². The van der Waals surface area contributed by atoms with Gasteiger partial charge in [0.25, 0.3) is 5.91 Å². The first-order valence-corrected chi connectivity index (χ1v) is 12.9. The lowest BCUT2D eigenvalue weighted by Crippen LogP contribution is -2.29. The summed E-state index contributed by atoms with van der Waals surface area (Å²) in [6.07, 6.45) is 7.81. The van der Waals surface area contributed by atoms with E-state index in [9.17, 15) is 9.59 Å². The van der Waals surface area contributed by atoms with E-state index in [0.29, 0.717) is 27.3 Å². The van der Waals surface area contributed by atoms with Crippen LogP contribution < -0.4 is 5.32 Å². The van der Waals surface area contributed by atoms with Gasteiger partial charge >= 0.3 is 0 Å². The van der Waals surface area contributed by atoms with Gasteiger partial charge in [0.05, 0.1) is 4.91 Å². The summed E-state index contributed by atoms with van der Waals surface area (Å²) in [5, 5.41) is 12.5. The van der Waals surface area contributed by atoms with Crippen LogP contribution in [0.15, 0.2) is 29.2 Å². The molecule has 0 atom stereocenters. The number of nitrogens with one attached hydrogen (secondary N) is 1. The summed E-state index contributed by atoms with van der Waals surface area (Å²) >= 11 is 8.20. The van der Waals surface area contributed by atoms with E-state index in [4.69, 9.17) is 12.2 Å². The van der Waals surface area contributed by atoms with Crippen LogP contribution in [0.4, 0.5) is 5.13 Å². The molecule has 2 aromatic rings. The average Bonchev–Trinajstić information content (AvgIpc) is 3.32. The molecule has 32 heavy (non-hydrogen) atoms. The minimum Gasteiger partial charge on any atom is -0.301 e. The second-order valence-corrected chi connectivity index (χ2v) is 10.4. The van der Waals surface area contributed by atoms with E-state index in [0.717, 1.165) is 49.1 Å². The second kappa shape index (κ2) is 12.2. The molecule has 0 bridgehead atoms. The van der Waals surface area contributed by atoms with Crippen LogP contribution in [0.1, 0.15) is 61.6 Å². The number of thiocarbonyl (C=S) groups is 1. The van der Waals surface area contributed by atoms with Gasteiger partial charge in [-0.1, -0.05) is 84.9 Å². The number of carbonyl (C=O) groups is 2. The van der Waals surface area contributed by atoms with E-state index >= 15 is 0 Å². The highest BCUT2D eigenvalue weighted by atomic mass is 32.2. The smallest absolute Gasteiger partial charge is 0.266 e. The molecule has 1 fully saturated rings. The predicted molar refractivity (Wildman–Crippen MR) is 137 cm³/mol. The van der Waals surface area contributed by atoms with Crippen LogP contribution in [0, 0.1) is 6.92 Å². The van der Waals surface area contributed by atoms with Crippen LogP contribution >= 0.6 is 35.3 Å². The molecule has 6 nitrogen and oxygen atoms in total. The third kappa shape index (κ3) is 7.21. The number of hydrogen-bond donors (Lipinski definition) is 1. The molecular weight excluding hydrogens is 460 g/mol. The van der Waals surface area contributed by atoms with Gasteiger partial charge in [0, 0.05) is 19.4 Å². The maximum absolute atomic E-state index is 12.7.